The van der Waals surface area contributed by atoms with Crippen molar-refractivity contribution in [2.24, 2.45) is 0 Å². The molecule has 0 N–H and O–H groups in total. The maximum Gasteiger partial charge on any atom is 0.306 e. The van der Waals surface area contributed by atoms with E-state index in [9.17, 15) is 14.4 Å². The minimum Gasteiger partial charge on any atom is -0.462 e. The fourth-order valence-electron chi connectivity index (χ4n) is 7.22. The Hall–Kier alpha value is -3.93. The molecule has 0 amide bonds. The first kappa shape index (κ1) is 63.1. The van der Waals surface area contributed by atoms with E-state index < -0.39 is 6.10 Å². The lowest BCUT2D eigenvalue weighted by Gasteiger charge is -2.18. The van der Waals surface area contributed by atoms with Gasteiger partial charge in [0.25, 0.3) is 0 Å². The van der Waals surface area contributed by atoms with E-state index in [4.69, 9.17) is 14.2 Å². The first-order chi connectivity index (χ1) is 33.0. The summed E-state index contributed by atoms with van der Waals surface area (Å²) in [7, 11) is 0. The second kappa shape index (κ2) is 54.7. The van der Waals surface area contributed by atoms with Gasteiger partial charge in [0, 0.05) is 19.3 Å². The molecule has 0 spiro atoms. The molecule has 0 saturated carbocycles. The summed E-state index contributed by atoms with van der Waals surface area (Å²) < 4.78 is 16.7. The third kappa shape index (κ3) is 52.9. The van der Waals surface area contributed by atoms with Crippen LogP contribution in [0, 0.1) is 0 Å². The smallest absolute Gasteiger partial charge is 0.306 e. The maximum absolute atomic E-state index is 12.8. The van der Waals surface area contributed by atoms with Crippen molar-refractivity contribution in [3.05, 3.63) is 109 Å². The molecule has 0 bridgehead atoms. The molecule has 0 aromatic carbocycles. The highest BCUT2D eigenvalue weighted by Crippen LogP contribution is 2.14. The van der Waals surface area contributed by atoms with E-state index in [1.807, 2.05) is 0 Å². The molecular formula is C61H100O6. The van der Waals surface area contributed by atoms with Gasteiger partial charge in [0.05, 0.1) is 0 Å². The fourth-order valence-corrected chi connectivity index (χ4v) is 7.22. The molecule has 0 aliphatic rings. The van der Waals surface area contributed by atoms with Crippen molar-refractivity contribution < 1.29 is 28.6 Å². The Morgan fingerprint density at radius 3 is 0.910 bits per heavy atom. The molecule has 0 rings (SSSR count). The van der Waals surface area contributed by atoms with Crippen LogP contribution < -0.4 is 0 Å². The Morgan fingerprint density at radius 1 is 0.313 bits per heavy atom. The van der Waals surface area contributed by atoms with Gasteiger partial charge in [-0.05, 0) is 103 Å². The second-order valence-electron chi connectivity index (χ2n) is 17.7. The molecule has 0 radical (unpaired) electrons. The molecular weight excluding hydrogens is 829 g/mol. The van der Waals surface area contributed by atoms with Gasteiger partial charge in [-0.3, -0.25) is 14.4 Å². The number of hydrogen-bond donors (Lipinski definition) is 0. The molecule has 0 aliphatic carbocycles. The van der Waals surface area contributed by atoms with Crippen LogP contribution in [0.2, 0.25) is 0 Å². The summed E-state index contributed by atoms with van der Waals surface area (Å²) in [4.78, 5) is 37.9. The van der Waals surface area contributed by atoms with Crippen molar-refractivity contribution >= 4 is 17.9 Å². The van der Waals surface area contributed by atoms with Gasteiger partial charge in [0.15, 0.2) is 6.10 Å². The van der Waals surface area contributed by atoms with Crippen LogP contribution in [0.3, 0.4) is 0 Å². The average molecular weight is 929 g/mol. The zero-order valence-electron chi connectivity index (χ0n) is 43.4. The summed E-state index contributed by atoms with van der Waals surface area (Å²) in [6.07, 6.45) is 73.7. The van der Waals surface area contributed by atoms with Gasteiger partial charge in [-0.2, -0.15) is 0 Å². The molecule has 1 atom stereocenters. The van der Waals surface area contributed by atoms with Crippen LogP contribution in [0.5, 0.6) is 0 Å². The van der Waals surface area contributed by atoms with Gasteiger partial charge >= 0.3 is 17.9 Å². The van der Waals surface area contributed by atoms with Crippen molar-refractivity contribution in [3.63, 3.8) is 0 Å². The summed E-state index contributed by atoms with van der Waals surface area (Å²) in [6, 6.07) is 0. The highest BCUT2D eigenvalue weighted by Gasteiger charge is 2.19. The maximum atomic E-state index is 12.8. The molecule has 0 saturated heterocycles. The van der Waals surface area contributed by atoms with E-state index in [1.54, 1.807) is 0 Å². The van der Waals surface area contributed by atoms with E-state index in [0.717, 1.165) is 141 Å². The molecule has 0 fully saturated rings. The summed E-state index contributed by atoms with van der Waals surface area (Å²) in [5, 5.41) is 0. The fraction of sp³-hybridized carbons (Fsp3) is 0.656. The summed E-state index contributed by atoms with van der Waals surface area (Å²) in [6.45, 7) is 6.34. The largest absolute Gasteiger partial charge is 0.462 e. The molecule has 6 heteroatoms. The number of unbranched alkanes of at least 4 members (excludes halogenated alkanes) is 19. The number of ether oxygens (including phenoxy) is 3. The minimum atomic E-state index is -0.790. The SMILES string of the molecule is CC/C=C\C/C=C\C/C=C\C/C=C\C/C=C\CCCCCCCC(=O)OCC(COC(=O)CCCCCCCCC)OC(=O)CCCCCCCCCC/C=C\C/C=C\C/C=C\C/C=C\CC. The highest BCUT2D eigenvalue weighted by molar-refractivity contribution is 5.71. The lowest BCUT2D eigenvalue weighted by molar-refractivity contribution is -0.167. The van der Waals surface area contributed by atoms with Crippen LogP contribution in [0.25, 0.3) is 0 Å². The predicted molar refractivity (Wildman–Crippen MR) is 288 cm³/mol. The van der Waals surface area contributed by atoms with Gasteiger partial charge in [-0.1, -0.05) is 226 Å². The molecule has 0 heterocycles. The van der Waals surface area contributed by atoms with Crippen LogP contribution in [0.4, 0.5) is 0 Å². The van der Waals surface area contributed by atoms with E-state index >= 15 is 0 Å². The normalized spacial score (nSPS) is 12.9. The number of allylic oxidation sites excluding steroid dienone is 18. The first-order valence-electron chi connectivity index (χ1n) is 27.4. The lowest BCUT2D eigenvalue weighted by atomic mass is 10.1. The molecule has 0 aromatic rings. The molecule has 1 unspecified atom stereocenters. The minimum absolute atomic E-state index is 0.0888. The molecule has 380 valence electrons. The standard InChI is InChI=1S/C61H100O6/c1-4-7-10-13-16-18-20-22-24-26-28-30-32-34-36-38-40-42-45-48-51-54-60(63)66-57-58(56-65-59(62)53-50-47-44-15-12-9-6-3)67-61(64)55-52-49-46-43-41-39-37-35-33-31-29-27-25-23-21-19-17-14-11-8-5-2/h7-8,10-11,16-19,22-25,28-31,34,36,58H,4-6,9,12-15,20-21,26-27,32-33,35,37-57H2,1-3H3/b10-7-,11-8-,18-16-,19-17-,24-22-,25-23-,30-28-,31-29-,36-34-. The van der Waals surface area contributed by atoms with Crippen molar-refractivity contribution in [1.82, 2.24) is 0 Å². The van der Waals surface area contributed by atoms with Crippen LogP contribution in [-0.4, -0.2) is 37.2 Å². The van der Waals surface area contributed by atoms with E-state index in [1.165, 1.54) is 57.8 Å². The van der Waals surface area contributed by atoms with Crippen molar-refractivity contribution in [2.75, 3.05) is 13.2 Å². The molecule has 6 nitrogen and oxygen atoms in total. The summed E-state index contributed by atoms with van der Waals surface area (Å²) in [5.74, 6) is -0.925. The van der Waals surface area contributed by atoms with E-state index in [0.29, 0.717) is 19.3 Å². The topological polar surface area (TPSA) is 78.9 Å². The van der Waals surface area contributed by atoms with Crippen molar-refractivity contribution in [2.45, 2.75) is 245 Å². The van der Waals surface area contributed by atoms with Crippen LogP contribution >= 0.6 is 0 Å². The Bertz CT molecular complexity index is 1390. The highest BCUT2D eigenvalue weighted by atomic mass is 16.6. The third-order valence-corrected chi connectivity index (χ3v) is 11.3. The van der Waals surface area contributed by atoms with Crippen molar-refractivity contribution in [3.8, 4) is 0 Å². The van der Waals surface area contributed by atoms with Crippen LogP contribution in [0.15, 0.2) is 109 Å². The molecule has 67 heavy (non-hydrogen) atoms. The van der Waals surface area contributed by atoms with Gasteiger partial charge in [0.1, 0.15) is 13.2 Å². The lowest BCUT2D eigenvalue weighted by Crippen LogP contribution is -2.30. The number of rotatable bonds is 48. The van der Waals surface area contributed by atoms with Crippen LogP contribution in [-0.2, 0) is 28.6 Å². The van der Waals surface area contributed by atoms with E-state index in [2.05, 4.69) is 130 Å². The van der Waals surface area contributed by atoms with Crippen LogP contribution in [0.1, 0.15) is 239 Å². The van der Waals surface area contributed by atoms with Gasteiger partial charge in [0.2, 0.25) is 0 Å². The Balaban J connectivity index is 4.30. The number of esters is 3. The average Bonchev–Trinajstić information content (AvgIpc) is 3.33. The monoisotopic (exact) mass is 929 g/mol. The summed E-state index contributed by atoms with van der Waals surface area (Å²) in [5.41, 5.74) is 0. The predicted octanol–water partition coefficient (Wildman–Crippen LogP) is 18.3. The second-order valence-corrected chi connectivity index (χ2v) is 17.7. The first-order valence-corrected chi connectivity index (χ1v) is 27.4. The zero-order chi connectivity index (χ0) is 48.6. The number of carbonyl (C=O) groups excluding carboxylic acids is 3. The number of carbonyl (C=O) groups is 3. The van der Waals surface area contributed by atoms with Gasteiger partial charge in [-0.25, -0.2) is 0 Å². The molecule has 0 aromatic heterocycles. The Morgan fingerprint density at radius 2 is 0.582 bits per heavy atom. The Labute approximate surface area is 412 Å². The zero-order valence-corrected chi connectivity index (χ0v) is 43.4. The number of hydrogen-bond acceptors (Lipinski definition) is 6. The molecule has 0 aliphatic heterocycles. The quantitative estimate of drug-likeness (QED) is 0.0262. The van der Waals surface area contributed by atoms with Gasteiger partial charge in [-0.15, -0.1) is 0 Å². The summed E-state index contributed by atoms with van der Waals surface area (Å²) >= 11 is 0. The van der Waals surface area contributed by atoms with Crippen molar-refractivity contribution in [1.29, 1.82) is 0 Å². The third-order valence-electron chi connectivity index (χ3n) is 11.3. The van der Waals surface area contributed by atoms with E-state index in [-0.39, 0.29) is 31.1 Å². The van der Waals surface area contributed by atoms with Gasteiger partial charge < -0.3 is 14.2 Å². The Kier molecular flexibility index (Phi) is 51.5.